The van der Waals surface area contributed by atoms with Crippen LogP contribution in [-0.4, -0.2) is 6.10 Å². The van der Waals surface area contributed by atoms with Crippen LogP contribution in [-0.2, 0) is 4.74 Å². The largest absolute Gasteiger partial charge is 0.497 e. The highest BCUT2D eigenvalue weighted by Gasteiger charge is 2.26. The van der Waals surface area contributed by atoms with E-state index < -0.39 is 0 Å². The fraction of sp³-hybridized carbons (Fsp3) is 0.500. The second kappa shape index (κ2) is 9.29. The van der Waals surface area contributed by atoms with Crippen molar-refractivity contribution in [1.82, 2.24) is 0 Å². The first-order chi connectivity index (χ1) is 10.4. The van der Waals surface area contributed by atoms with Gasteiger partial charge in [-0.15, -0.1) is 0 Å². The molecule has 112 valence electrons. The molecule has 1 aromatic carbocycles. The van der Waals surface area contributed by atoms with Gasteiger partial charge in [-0.1, -0.05) is 61.9 Å². The lowest BCUT2D eigenvalue weighted by Crippen LogP contribution is -2.24. The van der Waals surface area contributed by atoms with Crippen LogP contribution in [0.1, 0.15) is 63.4 Å². The molecule has 1 aliphatic carbocycles. The molecule has 1 saturated carbocycles. The predicted molar refractivity (Wildman–Crippen MR) is 89.0 cm³/mol. The third-order valence-corrected chi connectivity index (χ3v) is 4.09. The molecule has 0 spiro atoms. The number of unbranched alkanes of at least 4 members (excludes halogenated alkanes) is 2. The molecule has 1 aliphatic rings. The zero-order chi connectivity index (χ0) is 14.8. The van der Waals surface area contributed by atoms with Gasteiger partial charge in [0.15, 0.2) is 0 Å². The van der Waals surface area contributed by atoms with E-state index >= 15 is 0 Å². The Morgan fingerprint density at radius 1 is 1.19 bits per heavy atom. The van der Waals surface area contributed by atoms with Crippen molar-refractivity contribution in [3.8, 4) is 11.8 Å². The third-order valence-electron chi connectivity index (χ3n) is 4.09. The summed E-state index contributed by atoms with van der Waals surface area (Å²) in [7, 11) is 0. The summed E-state index contributed by atoms with van der Waals surface area (Å²) in [6.45, 7) is 2.19. The van der Waals surface area contributed by atoms with Crippen molar-refractivity contribution < 1.29 is 4.74 Å². The van der Waals surface area contributed by atoms with Gasteiger partial charge in [-0.05, 0) is 31.2 Å². The van der Waals surface area contributed by atoms with Crippen LogP contribution in [0.2, 0.25) is 0 Å². The maximum absolute atomic E-state index is 5.97. The van der Waals surface area contributed by atoms with Crippen LogP contribution in [0, 0.1) is 11.8 Å². The molecule has 0 bridgehead atoms. The first-order valence-electron chi connectivity index (χ1n) is 8.25. The Kier molecular flexibility index (Phi) is 6.95. The first kappa shape index (κ1) is 15.7. The number of hydrogen-bond donors (Lipinski definition) is 0. The van der Waals surface area contributed by atoms with Gasteiger partial charge in [-0.2, -0.15) is 0 Å². The summed E-state index contributed by atoms with van der Waals surface area (Å²) in [6.07, 6.45) is 12.3. The molecule has 21 heavy (non-hydrogen) atoms. The van der Waals surface area contributed by atoms with Crippen molar-refractivity contribution in [3.05, 3.63) is 48.2 Å². The minimum atomic E-state index is 0.301. The molecule has 1 nitrogen and oxygen atoms in total. The summed E-state index contributed by atoms with van der Waals surface area (Å²) >= 11 is 0. The Morgan fingerprint density at radius 3 is 2.81 bits per heavy atom. The molecule has 2 atom stereocenters. The van der Waals surface area contributed by atoms with Crippen molar-refractivity contribution in [3.63, 3.8) is 0 Å². The van der Waals surface area contributed by atoms with Crippen LogP contribution in [0.5, 0.6) is 0 Å². The average molecular weight is 282 g/mol. The summed E-state index contributed by atoms with van der Waals surface area (Å²) in [5.74, 6) is 6.73. The van der Waals surface area contributed by atoms with Crippen molar-refractivity contribution in [2.75, 3.05) is 0 Å². The van der Waals surface area contributed by atoms with E-state index in [1.807, 2.05) is 6.08 Å². The van der Waals surface area contributed by atoms with Crippen LogP contribution in [0.4, 0.5) is 0 Å². The van der Waals surface area contributed by atoms with Gasteiger partial charge in [-0.3, -0.25) is 0 Å². The lowest BCUT2D eigenvalue weighted by atomic mass is 9.81. The Bertz CT molecular complexity index is 478. The molecular formula is C20H26O. The third kappa shape index (κ3) is 5.31. The normalized spacial score (nSPS) is 21.8. The SMILES string of the molecule is CCCCC#C/C=C/O[C@H]1CCCC[C@@H]1c1ccccc1. The maximum atomic E-state index is 5.97. The number of rotatable bonds is 5. The molecule has 0 unspecified atom stereocenters. The van der Waals surface area contributed by atoms with E-state index in [1.165, 1.54) is 37.7 Å². The second-order valence-corrected chi connectivity index (χ2v) is 5.70. The molecule has 1 heteroatoms. The minimum absolute atomic E-state index is 0.301. The average Bonchev–Trinajstić information content (AvgIpc) is 2.55. The zero-order valence-electron chi connectivity index (χ0n) is 13.1. The van der Waals surface area contributed by atoms with Crippen LogP contribution in [0.3, 0.4) is 0 Å². The number of benzene rings is 1. The Balaban J connectivity index is 1.87. The fourth-order valence-electron chi connectivity index (χ4n) is 2.91. The highest BCUT2D eigenvalue weighted by atomic mass is 16.5. The molecule has 0 heterocycles. The van der Waals surface area contributed by atoms with Crippen LogP contribution in [0.25, 0.3) is 0 Å². The molecule has 2 rings (SSSR count). The van der Waals surface area contributed by atoms with Gasteiger partial charge in [0.2, 0.25) is 0 Å². The van der Waals surface area contributed by atoms with Gasteiger partial charge in [0, 0.05) is 18.4 Å². The molecule has 0 saturated heterocycles. The van der Waals surface area contributed by atoms with Crippen LogP contribution in [0.15, 0.2) is 42.7 Å². The van der Waals surface area contributed by atoms with Gasteiger partial charge < -0.3 is 4.74 Å². The Morgan fingerprint density at radius 2 is 2.00 bits per heavy atom. The van der Waals surface area contributed by atoms with E-state index in [0.717, 1.165) is 12.8 Å². The standard InChI is InChI=1S/C20H26O/c1-2-3-4-5-6-12-17-21-20-16-11-10-15-19(20)18-13-8-7-9-14-18/h7-9,12-14,17,19-20H,2-4,10-11,15-16H2,1H3/b17-12+/t19-,20+/m1/s1. The zero-order valence-corrected chi connectivity index (χ0v) is 13.1. The summed E-state index contributed by atoms with van der Waals surface area (Å²) < 4.78 is 5.97. The summed E-state index contributed by atoms with van der Waals surface area (Å²) in [6, 6.07) is 10.8. The second-order valence-electron chi connectivity index (χ2n) is 5.70. The van der Waals surface area contributed by atoms with Gasteiger partial charge in [0.05, 0.1) is 6.26 Å². The van der Waals surface area contributed by atoms with E-state index in [9.17, 15) is 0 Å². The molecular weight excluding hydrogens is 256 g/mol. The van der Waals surface area contributed by atoms with Crippen molar-refractivity contribution in [2.24, 2.45) is 0 Å². The number of hydrogen-bond acceptors (Lipinski definition) is 1. The summed E-state index contributed by atoms with van der Waals surface area (Å²) in [4.78, 5) is 0. The van der Waals surface area contributed by atoms with Crippen LogP contribution < -0.4 is 0 Å². The monoisotopic (exact) mass is 282 g/mol. The van der Waals surface area contributed by atoms with Gasteiger partial charge in [-0.25, -0.2) is 0 Å². The number of allylic oxidation sites excluding steroid dienone is 1. The fourth-order valence-corrected chi connectivity index (χ4v) is 2.91. The van der Waals surface area contributed by atoms with E-state index in [-0.39, 0.29) is 0 Å². The Hall–Kier alpha value is -1.68. The van der Waals surface area contributed by atoms with E-state index in [0.29, 0.717) is 12.0 Å². The van der Waals surface area contributed by atoms with Crippen molar-refractivity contribution in [2.45, 2.75) is 63.9 Å². The Labute approximate surface area is 129 Å². The van der Waals surface area contributed by atoms with Crippen molar-refractivity contribution in [1.29, 1.82) is 0 Å². The quantitative estimate of drug-likeness (QED) is 0.397. The maximum Gasteiger partial charge on any atom is 0.105 e. The lowest BCUT2D eigenvalue weighted by Gasteiger charge is -2.31. The molecule has 1 fully saturated rings. The molecule has 0 radical (unpaired) electrons. The van der Waals surface area contributed by atoms with E-state index in [4.69, 9.17) is 4.74 Å². The summed E-state index contributed by atoms with van der Waals surface area (Å²) in [5, 5.41) is 0. The van der Waals surface area contributed by atoms with Crippen molar-refractivity contribution >= 4 is 0 Å². The molecule has 0 aromatic heterocycles. The molecule has 0 N–H and O–H groups in total. The van der Waals surface area contributed by atoms with Gasteiger partial charge in [0.1, 0.15) is 6.10 Å². The van der Waals surface area contributed by atoms with Gasteiger partial charge >= 0.3 is 0 Å². The smallest absolute Gasteiger partial charge is 0.105 e. The van der Waals surface area contributed by atoms with E-state index in [1.54, 1.807) is 6.26 Å². The molecule has 0 aliphatic heterocycles. The van der Waals surface area contributed by atoms with Gasteiger partial charge in [0.25, 0.3) is 0 Å². The predicted octanol–water partition coefficient (Wildman–Crippen LogP) is 5.44. The van der Waals surface area contributed by atoms with Crippen LogP contribution >= 0.6 is 0 Å². The molecule has 1 aromatic rings. The number of ether oxygens (including phenoxy) is 1. The minimum Gasteiger partial charge on any atom is -0.497 e. The molecule has 0 amide bonds. The highest BCUT2D eigenvalue weighted by Crippen LogP contribution is 2.34. The van der Waals surface area contributed by atoms with E-state index in [2.05, 4.69) is 49.1 Å². The summed E-state index contributed by atoms with van der Waals surface area (Å²) in [5.41, 5.74) is 1.41. The lowest BCUT2D eigenvalue weighted by molar-refractivity contribution is 0.0849. The highest BCUT2D eigenvalue weighted by molar-refractivity contribution is 5.21. The first-order valence-corrected chi connectivity index (χ1v) is 8.25. The topological polar surface area (TPSA) is 9.23 Å².